The number of aryl methyl sites for hydroxylation is 1. The number of hydrogen-bond acceptors (Lipinski definition) is 7. The van der Waals surface area contributed by atoms with Gasteiger partial charge in [0, 0.05) is 24.2 Å². The summed E-state index contributed by atoms with van der Waals surface area (Å²) in [5.41, 5.74) is 1.69. The number of benzene rings is 2. The maximum absolute atomic E-state index is 13.1. The van der Waals surface area contributed by atoms with E-state index in [2.05, 4.69) is 16.0 Å². The molecule has 0 saturated carbocycles. The van der Waals surface area contributed by atoms with Gasteiger partial charge in [0.2, 0.25) is 17.7 Å². The van der Waals surface area contributed by atoms with E-state index < -0.39 is 41.5 Å². The number of amides is 5. The maximum atomic E-state index is 13.1. The highest BCUT2D eigenvalue weighted by Crippen LogP contribution is 2.32. The van der Waals surface area contributed by atoms with Crippen LogP contribution in [0.2, 0.25) is 0 Å². The molecule has 2 aliphatic heterocycles. The number of carboxylic acid groups (broad SMARTS) is 1. The van der Waals surface area contributed by atoms with Crippen LogP contribution in [0.3, 0.4) is 0 Å². The lowest BCUT2D eigenvalue weighted by Crippen LogP contribution is -2.54. The standard InChI is InChI=1S/C24H22N4O7/c29-18-9-8-17(22(33)27-18)28-23(34)15-5-2-6-16(21(15)24(28)35)25-12-19(30)26-14-4-1-3-13(11-14)7-10-20(31)32/h1-6,11,17,25H,7-10,12H2,(H,26,30)(H,31,32)(H,27,29,33). The zero-order valence-electron chi connectivity index (χ0n) is 18.5. The third-order valence-corrected chi connectivity index (χ3v) is 5.75. The van der Waals surface area contributed by atoms with Crippen molar-refractivity contribution in [3.8, 4) is 0 Å². The monoisotopic (exact) mass is 478 g/mol. The predicted molar refractivity (Wildman–Crippen MR) is 123 cm³/mol. The summed E-state index contributed by atoms with van der Waals surface area (Å²) in [6, 6.07) is 10.3. The molecule has 11 nitrogen and oxygen atoms in total. The fourth-order valence-corrected chi connectivity index (χ4v) is 4.10. The second kappa shape index (κ2) is 9.75. The summed E-state index contributed by atoms with van der Waals surface area (Å²) in [5, 5.41) is 16.5. The fraction of sp³-hybridized carbons (Fsp3) is 0.250. The van der Waals surface area contributed by atoms with Gasteiger partial charge < -0.3 is 15.7 Å². The van der Waals surface area contributed by atoms with Crippen molar-refractivity contribution in [1.29, 1.82) is 0 Å². The molecule has 2 heterocycles. The number of anilines is 2. The lowest BCUT2D eigenvalue weighted by Gasteiger charge is -2.27. The van der Waals surface area contributed by atoms with Gasteiger partial charge in [0.1, 0.15) is 6.04 Å². The number of hydrogen-bond donors (Lipinski definition) is 4. The summed E-state index contributed by atoms with van der Waals surface area (Å²) in [5.74, 6) is -3.79. The van der Waals surface area contributed by atoms with E-state index in [-0.39, 0.29) is 42.6 Å². The topological polar surface area (TPSA) is 162 Å². The second-order valence-corrected chi connectivity index (χ2v) is 8.17. The van der Waals surface area contributed by atoms with Crippen molar-refractivity contribution in [2.75, 3.05) is 17.2 Å². The van der Waals surface area contributed by atoms with Crippen LogP contribution in [0.25, 0.3) is 0 Å². The smallest absolute Gasteiger partial charge is 0.303 e. The van der Waals surface area contributed by atoms with Gasteiger partial charge in [-0.2, -0.15) is 0 Å². The van der Waals surface area contributed by atoms with Crippen LogP contribution in [0.4, 0.5) is 11.4 Å². The van der Waals surface area contributed by atoms with Crippen LogP contribution in [-0.2, 0) is 25.6 Å². The first-order valence-electron chi connectivity index (χ1n) is 10.9. The van der Waals surface area contributed by atoms with Gasteiger partial charge in [-0.05, 0) is 42.7 Å². The quantitative estimate of drug-likeness (QED) is 0.411. The molecule has 2 aliphatic rings. The van der Waals surface area contributed by atoms with Crippen molar-refractivity contribution in [1.82, 2.24) is 10.2 Å². The number of imide groups is 2. The van der Waals surface area contributed by atoms with Gasteiger partial charge in [-0.3, -0.25) is 39.0 Å². The molecule has 0 bridgehead atoms. The minimum Gasteiger partial charge on any atom is -0.481 e. The van der Waals surface area contributed by atoms with E-state index in [0.29, 0.717) is 12.1 Å². The van der Waals surface area contributed by atoms with Gasteiger partial charge in [0.15, 0.2) is 0 Å². The van der Waals surface area contributed by atoms with Gasteiger partial charge in [-0.15, -0.1) is 0 Å². The first kappa shape index (κ1) is 23.6. The number of nitrogens with one attached hydrogen (secondary N) is 3. The highest BCUT2D eigenvalue weighted by Gasteiger charge is 2.45. The van der Waals surface area contributed by atoms with Crippen molar-refractivity contribution < 1.29 is 33.9 Å². The number of fused-ring (bicyclic) bond motifs is 1. The Labute approximate surface area is 199 Å². The summed E-state index contributed by atoms with van der Waals surface area (Å²) in [7, 11) is 0. The highest BCUT2D eigenvalue weighted by molar-refractivity contribution is 6.25. The van der Waals surface area contributed by atoms with E-state index in [4.69, 9.17) is 5.11 Å². The summed E-state index contributed by atoms with van der Waals surface area (Å²) in [6.07, 6.45) is 0.368. The molecule has 11 heteroatoms. The molecule has 1 saturated heterocycles. The maximum Gasteiger partial charge on any atom is 0.303 e. The first-order valence-corrected chi connectivity index (χ1v) is 10.9. The second-order valence-electron chi connectivity index (χ2n) is 8.17. The molecular formula is C24H22N4O7. The van der Waals surface area contributed by atoms with Crippen molar-refractivity contribution >= 4 is 46.9 Å². The summed E-state index contributed by atoms with van der Waals surface area (Å²) in [4.78, 5) is 73.7. The molecule has 0 aliphatic carbocycles. The molecule has 2 aromatic carbocycles. The molecule has 35 heavy (non-hydrogen) atoms. The van der Waals surface area contributed by atoms with Crippen molar-refractivity contribution in [2.45, 2.75) is 31.7 Å². The molecular weight excluding hydrogens is 456 g/mol. The number of rotatable bonds is 8. The number of nitrogens with zero attached hydrogens (tertiary/aromatic N) is 1. The molecule has 0 aromatic heterocycles. The molecule has 0 radical (unpaired) electrons. The largest absolute Gasteiger partial charge is 0.481 e. The van der Waals surface area contributed by atoms with Crippen molar-refractivity contribution in [3.63, 3.8) is 0 Å². The van der Waals surface area contributed by atoms with E-state index in [1.807, 2.05) is 0 Å². The minimum absolute atomic E-state index is 0.0204. The lowest BCUT2D eigenvalue weighted by atomic mass is 10.0. The number of carbonyl (C=O) groups is 6. The van der Waals surface area contributed by atoms with E-state index in [0.717, 1.165) is 10.5 Å². The molecule has 1 unspecified atom stereocenters. The van der Waals surface area contributed by atoms with E-state index >= 15 is 0 Å². The van der Waals surface area contributed by atoms with Crippen LogP contribution in [0.5, 0.6) is 0 Å². The highest BCUT2D eigenvalue weighted by atomic mass is 16.4. The summed E-state index contributed by atoms with van der Waals surface area (Å²) < 4.78 is 0. The zero-order chi connectivity index (χ0) is 25.1. The van der Waals surface area contributed by atoms with Gasteiger partial charge in [-0.1, -0.05) is 18.2 Å². The van der Waals surface area contributed by atoms with E-state index in [1.54, 1.807) is 36.4 Å². The SMILES string of the molecule is O=C(O)CCc1cccc(NC(=O)CNc2cccc3c2C(=O)N(C2CCC(=O)NC2=O)C3=O)c1. The Morgan fingerprint density at radius 3 is 2.57 bits per heavy atom. The molecule has 180 valence electrons. The average molecular weight is 478 g/mol. The fourth-order valence-electron chi connectivity index (χ4n) is 4.10. The van der Waals surface area contributed by atoms with Gasteiger partial charge in [-0.25, -0.2) is 0 Å². The molecule has 0 spiro atoms. The zero-order valence-corrected chi connectivity index (χ0v) is 18.5. The molecule has 1 fully saturated rings. The van der Waals surface area contributed by atoms with E-state index in [1.165, 1.54) is 6.07 Å². The number of piperidine rings is 1. The van der Waals surface area contributed by atoms with Crippen LogP contribution in [0.1, 0.15) is 45.5 Å². The Hall–Kier alpha value is -4.54. The number of carboxylic acids is 1. The van der Waals surface area contributed by atoms with Crippen LogP contribution in [0.15, 0.2) is 42.5 Å². The predicted octanol–water partition coefficient (Wildman–Crippen LogP) is 1.16. The van der Waals surface area contributed by atoms with Crippen molar-refractivity contribution in [3.05, 3.63) is 59.2 Å². The molecule has 2 aromatic rings. The van der Waals surface area contributed by atoms with Crippen LogP contribution in [-0.4, -0.2) is 58.1 Å². The Kier molecular flexibility index (Phi) is 6.58. The van der Waals surface area contributed by atoms with Gasteiger partial charge in [0.05, 0.1) is 17.7 Å². The average Bonchev–Trinajstić information content (AvgIpc) is 3.07. The van der Waals surface area contributed by atoms with Gasteiger partial charge in [0.25, 0.3) is 11.8 Å². The Morgan fingerprint density at radius 2 is 1.83 bits per heavy atom. The molecule has 1 atom stereocenters. The third kappa shape index (κ3) is 5.03. The summed E-state index contributed by atoms with van der Waals surface area (Å²) >= 11 is 0. The summed E-state index contributed by atoms with van der Waals surface area (Å²) in [6.45, 7) is -0.213. The Morgan fingerprint density at radius 1 is 1.06 bits per heavy atom. The van der Waals surface area contributed by atoms with Crippen LogP contribution < -0.4 is 16.0 Å². The lowest BCUT2D eigenvalue weighted by molar-refractivity contribution is -0.137. The first-order chi connectivity index (χ1) is 16.7. The normalized spacial score (nSPS) is 17.1. The van der Waals surface area contributed by atoms with E-state index in [9.17, 15) is 28.8 Å². The molecule has 4 N–H and O–H groups in total. The minimum atomic E-state index is -1.08. The van der Waals surface area contributed by atoms with Crippen molar-refractivity contribution in [2.24, 2.45) is 0 Å². The third-order valence-electron chi connectivity index (χ3n) is 5.75. The Balaban J connectivity index is 1.43. The van der Waals surface area contributed by atoms with Gasteiger partial charge >= 0.3 is 5.97 Å². The molecule has 4 rings (SSSR count). The number of carbonyl (C=O) groups excluding carboxylic acids is 5. The number of aliphatic carboxylic acids is 1. The van der Waals surface area contributed by atoms with Crippen LogP contribution in [0, 0.1) is 0 Å². The molecule has 5 amide bonds. The van der Waals surface area contributed by atoms with Crippen LogP contribution >= 0.6 is 0 Å². The Bertz CT molecular complexity index is 1260.